The van der Waals surface area contributed by atoms with Crippen LogP contribution in [0.15, 0.2) is 48.8 Å². The molecular weight excluding hydrogens is 482 g/mol. The maximum atomic E-state index is 12.0. The number of hydrogen-bond acceptors (Lipinski definition) is 4. The van der Waals surface area contributed by atoms with Crippen LogP contribution in [-0.4, -0.2) is 54.2 Å². The number of urea groups is 1. The molecule has 3 heterocycles. The molecule has 5 atom stereocenters. The van der Waals surface area contributed by atoms with Crippen molar-refractivity contribution in [2.24, 2.45) is 17.8 Å². The van der Waals surface area contributed by atoms with Crippen LogP contribution in [0.4, 0.5) is 10.5 Å². The molecule has 0 bridgehead atoms. The van der Waals surface area contributed by atoms with Gasteiger partial charge in [-0.05, 0) is 79.5 Å². The van der Waals surface area contributed by atoms with Crippen LogP contribution in [0.25, 0.3) is 0 Å². The van der Waals surface area contributed by atoms with E-state index in [0.29, 0.717) is 18.5 Å². The number of rotatable bonds is 12. The van der Waals surface area contributed by atoms with Gasteiger partial charge in [-0.15, -0.1) is 0 Å². The Labute approximate surface area is 234 Å². The molecule has 4 unspecified atom stereocenters. The molecule has 2 N–H and O–H groups in total. The van der Waals surface area contributed by atoms with E-state index >= 15 is 0 Å². The number of amides is 2. The zero-order chi connectivity index (χ0) is 26.6. The molecule has 2 aromatic rings. The minimum Gasteiger partial charge on any atom is -0.365 e. The Balaban J connectivity index is 0.873. The minimum absolute atomic E-state index is 0.0960. The summed E-state index contributed by atoms with van der Waals surface area (Å²) >= 11 is 0. The fourth-order valence-corrected chi connectivity index (χ4v) is 7.64. The van der Waals surface area contributed by atoms with E-state index in [2.05, 4.69) is 56.6 Å². The van der Waals surface area contributed by atoms with Crippen molar-refractivity contribution in [1.29, 1.82) is 0 Å². The van der Waals surface area contributed by atoms with Gasteiger partial charge in [0.1, 0.15) is 0 Å². The van der Waals surface area contributed by atoms with E-state index in [1.54, 1.807) is 18.0 Å². The van der Waals surface area contributed by atoms with E-state index < -0.39 is 0 Å². The van der Waals surface area contributed by atoms with Crippen LogP contribution in [0.3, 0.4) is 0 Å². The smallest absolute Gasteiger partial charge is 0.315 e. The van der Waals surface area contributed by atoms with Gasteiger partial charge in [0.25, 0.3) is 0 Å². The molecule has 2 amide bonds. The summed E-state index contributed by atoms with van der Waals surface area (Å²) in [5.41, 5.74) is 4.09. The largest absolute Gasteiger partial charge is 0.365 e. The topological polar surface area (TPSA) is 60.5 Å². The number of pyridine rings is 1. The minimum atomic E-state index is -0.0960. The molecule has 210 valence electrons. The number of hydrogen-bond donors (Lipinski definition) is 2. The maximum absolute atomic E-state index is 12.0. The van der Waals surface area contributed by atoms with Gasteiger partial charge in [0.2, 0.25) is 0 Å². The highest BCUT2D eigenvalue weighted by atomic mass is 16.2. The summed E-state index contributed by atoms with van der Waals surface area (Å²) in [6.45, 7) is 7.42. The van der Waals surface area contributed by atoms with Crippen molar-refractivity contribution in [2.45, 2.75) is 89.3 Å². The van der Waals surface area contributed by atoms with E-state index in [9.17, 15) is 4.79 Å². The van der Waals surface area contributed by atoms with E-state index in [1.165, 1.54) is 76.7 Å². The van der Waals surface area contributed by atoms with Crippen LogP contribution in [0.5, 0.6) is 0 Å². The van der Waals surface area contributed by atoms with Gasteiger partial charge < -0.3 is 15.5 Å². The lowest BCUT2D eigenvalue weighted by atomic mass is 9.95. The number of fused-ring (bicyclic) bond motifs is 1. The molecule has 39 heavy (non-hydrogen) atoms. The average Bonchev–Trinajstić information content (AvgIpc) is 3.31. The predicted molar refractivity (Wildman–Crippen MR) is 158 cm³/mol. The molecular formula is C33H47N5O. The normalized spacial score (nSPS) is 28.2. The number of carbonyl (C=O) groups excluding carboxylic acids is 1. The van der Waals surface area contributed by atoms with Crippen LogP contribution in [0, 0.1) is 17.8 Å². The van der Waals surface area contributed by atoms with Gasteiger partial charge in [-0.25, -0.2) is 4.79 Å². The monoisotopic (exact) mass is 529 g/mol. The third-order valence-corrected chi connectivity index (χ3v) is 10.1. The van der Waals surface area contributed by atoms with Gasteiger partial charge in [0.15, 0.2) is 0 Å². The quantitative estimate of drug-likeness (QED) is 0.334. The second kappa shape index (κ2) is 12.3. The second-order valence-electron chi connectivity index (χ2n) is 12.8. The first kappa shape index (κ1) is 26.6. The summed E-state index contributed by atoms with van der Waals surface area (Å²) in [6, 6.07) is 14.5. The zero-order valence-corrected chi connectivity index (χ0v) is 23.7. The molecule has 6 rings (SSSR count). The van der Waals surface area contributed by atoms with Crippen LogP contribution in [0.1, 0.15) is 81.8 Å². The standard InChI is InChI=1S/C33H47N5O/c1-24-17-31(24)26-13-14-28(18-26)37-22-29(23-37)38-21-27(30-11-5-6-12-32(30)38)10-4-2-3-7-16-35-33(39)36-20-25-9-8-15-34-19-25/h5-6,8-9,11-12,15,19,24,26-29,31H,2-4,7,10,13-14,16-18,20-23H2,1H3,(H2,35,36,39)/t24?,26?,27?,28?,31-/m0/s1. The second-order valence-corrected chi connectivity index (χ2v) is 12.8. The Kier molecular flexibility index (Phi) is 8.38. The van der Waals surface area contributed by atoms with Crippen molar-refractivity contribution in [2.75, 3.05) is 31.1 Å². The van der Waals surface area contributed by atoms with Crippen LogP contribution in [-0.2, 0) is 6.54 Å². The molecule has 0 radical (unpaired) electrons. The van der Waals surface area contributed by atoms with E-state index in [0.717, 1.165) is 42.3 Å². The van der Waals surface area contributed by atoms with Gasteiger partial charge >= 0.3 is 6.03 Å². The molecule has 3 fully saturated rings. The Hall–Kier alpha value is -2.60. The van der Waals surface area contributed by atoms with Crippen LogP contribution < -0.4 is 15.5 Å². The number of anilines is 1. The third-order valence-electron chi connectivity index (χ3n) is 10.1. The number of nitrogens with one attached hydrogen (secondary N) is 2. The lowest BCUT2D eigenvalue weighted by Gasteiger charge is -2.48. The highest BCUT2D eigenvalue weighted by Crippen LogP contribution is 2.51. The molecule has 6 nitrogen and oxygen atoms in total. The van der Waals surface area contributed by atoms with Gasteiger partial charge in [-0.3, -0.25) is 9.88 Å². The lowest BCUT2D eigenvalue weighted by molar-refractivity contribution is 0.0894. The summed E-state index contributed by atoms with van der Waals surface area (Å²) in [6.07, 6.45) is 15.4. The Morgan fingerprint density at radius 1 is 0.949 bits per heavy atom. The first-order valence-electron chi connectivity index (χ1n) is 15.7. The molecule has 2 saturated carbocycles. The van der Waals surface area contributed by atoms with Crippen molar-refractivity contribution in [3.8, 4) is 0 Å². The fraction of sp³-hybridized carbons (Fsp3) is 0.636. The summed E-state index contributed by atoms with van der Waals surface area (Å²) < 4.78 is 0. The predicted octanol–water partition coefficient (Wildman–Crippen LogP) is 5.94. The van der Waals surface area contributed by atoms with Gasteiger partial charge in [-0.1, -0.05) is 50.5 Å². The van der Waals surface area contributed by atoms with E-state index in [1.807, 2.05) is 12.1 Å². The number of benzene rings is 1. The van der Waals surface area contributed by atoms with Crippen molar-refractivity contribution in [3.63, 3.8) is 0 Å². The molecule has 2 aliphatic carbocycles. The fourth-order valence-electron chi connectivity index (χ4n) is 7.64. The number of unbranched alkanes of at least 4 members (excludes halogenated alkanes) is 3. The Morgan fingerprint density at radius 2 is 1.79 bits per heavy atom. The third kappa shape index (κ3) is 6.42. The summed E-state index contributed by atoms with van der Waals surface area (Å²) in [5.74, 6) is 3.74. The SMILES string of the molecule is CC1C[C@@H]1C1CCC(N2CC(N3CC(CCCCCCNC(=O)NCc4cccnc4)c4ccccc43)C2)C1. The molecule has 1 aromatic heterocycles. The summed E-state index contributed by atoms with van der Waals surface area (Å²) in [4.78, 5) is 21.6. The van der Waals surface area contributed by atoms with Crippen LogP contribution >= 0.6 is 0 Å². The van der Waals surface area contributed by atoms with E-state index in [-0.39, 0.29) is 6.03 Å². The van der Waals surface area contributed by atoms with E-state index in [4.69, 9.17) is 0 Å². The highest BCUT2D eigenvalue weighted by Gasteiger charge is 2.46. The molecule has 4 aliphatic rings. The van der Waals surface area contributed by atoms with Crippen molar-refractivity contribution in [1.82, 2.24) is 20.5 Å². The van der Waals surface area contributed by atoms with Gasteiger partial charge in [0, 0.05) is 62.8 Å². The Bertz CT molecular complexity index is 1090. The number of carbonyl (C=O) groups is 1. The number of para-hydroxylation sites is 1. The number of aromatic nitrogens is 1. The molecule has 1 saturated heterocycles. The Morgan fingerprint density at radius 3 is 2.62 bits per heavy atom. The molecule has 0 spiro atoms. The molecule has 2 aliphatic heterocycles. The number of likely N-dealkylation sites (tertiary alicyclic amines) is 1. The lowest BCUT2D eigenvalue weighted by Crippen LogP contribution is -2.61. The molecule has 1 aromatic carbocycles. The maximum Gasteiger partial charge on any atom is 0.315 e. The first-order valence-corrected chi connectivity index (χ1v) is 15.7. The summed E-state index contributed by atoms with van der Waals surface area (Å²) in [7, 11) is 0. The van der Waals surface area contributed by atoms with Gasteiger partial charge in [0.05, 0.1) is 6.04 Å². The zero-order valence-electron chi connectivity index (χ0n) is 23.7. The average molecular weight is 530 g/mol. The van der Waals surface area contributed by atoms with Crippen molar-refractivity contribution >= 4 is 11.7 Å². The summed E-state index contributed by atoms with van der Waals surface area (Å²) in [5, 5.41) is 5.89. The molecule has 6 heteroatoms. The first-order chi connectivity index (χ1) is 19.2. The van der Waals surface area contributed by atoms with Gasteiger partial charge in [-0.2, -0.15) is 0 Å². The number of nitrogens with zero attached hydrogens (tertiary/aromatic N) is 3. The van der Waals surface area contributed by atoms with Crippen LogP contribution in [0.2, 0.25) is 0 Å². The highest BCUT2D eigenvalue weighted by molar-refractivity contribution is 5.73. The van der Waals surface area contributed by atoms with Crippen molar-refractivity contribution < 1.29 is 4.79 Å². The van der Waals surface area contributed by atoms with Crippen molar-refractivity contribution in [3.05, 3.63) is 59.9 Å².